The van der Waals surface area contributed by atoms with Gasteiger partial charge in [0.15, 0.2) is 0 Å². The third-order valence-electron chi connectivity index (χ3n) is 3.14. The minimum atomic E-state index is 0.120. The van der Waals surface area contributed by atoms with E-state index in [4.69, 9.17) is 11.6 Å². The Morgan fingerprint density at radius 1 is 1.29 bits per heavy atom. The van der Waals surface area contributed by atoms with Crippen LogP contribution in [0.5, 0.6) is 5.75 Å². The third-order valence-corrected chi connectivity index (χ3v) is 3.38. The van der Waals surface area contributed by atoms with E-state index < -0.39 is 0 Å². The Morgan fingerprint density at radius 2 is 2.10 bits per heavy atom. The molecule has 106 valence electrons. The lowest BCUT2D eigenvalue weighted by atomic mass is 10.2. The van der Waals surface area contributed by atoms with Crippen LogP contribution in [0.3, 0.4) is 0 Å². The van der Waals surface area contributed by atoms with Crippen LogP contribution in [-0.2, 0) is 7.05 Å². The molecule has 0 radical (unpaired) electrons. The molecule has 0 atom stereocenters. The highest BCUT2D eigenvalue weighted by Crippen LogP contribution is 2.20. The predicted octanol–water partition coefficient (Wildman–Crippen LogP) is 3.38. The number of aromatic nitrogens is 2. The predicted molar refractivity (Wildman–Crippen MR) is 85.0 cm³/mol. The van der Waals surface area contributed by atoms with Crippen molar-refractivity contribution in [2.24, 2.45) is 12.1 Å². The fraction of sp³-hybridized carbons (Fsp3) is 0.0667. The van der Waals surface area contributed by atoms with Crippen molar-refractivity contribution in [1.29, 1.82) is 0 Å². The smallest absolute Gasteiger partial charge is 0.224 e. The zero-order valence-corrected chi connectivity index (χ0v) is 12.0. The summed E-state index contributed by atoms with van der Waals surface area (Å²) < 4.78 is 1.91. The van der Waals surface area contributed by atoms with Crippen LogP contribution in [0, 0.1) is 0 Å². The quantitative estimate of drug-likeness (QED) is 0.576. The summed E-state index contributed by atoms with van der Waals surface area (Å²) in [5.74, 6) is 0.740. The largest absolute Gasteiger partial charge is 0.507 e. The molecule has 5 nitrogen and oxygen atoms in total. The van der Waals surface area contributed by atoms with Crippen LogP contribution in [-0.4, -0.2) is 20.9 Å². The zero-order valence-electron chi connectivity index (χ0n) is 11.3. The average Bonchev–Trinajstić information content (AvgIpc) is 2.80. The van der Waals surface area contributed by atoms with E-state index in [0.29, 0.717) is 16.5 Å². The number of aryl methyl sites for hydroxylation is 1. The summed E-state index contributed by atoms with van der Waals surface area (Å²) in [6.45, 7) is 0. The van der Waals surface area contributed by atoms with E-state index in [2.05, 4.69) is 15.5 Å². The van der Waals surface area contributed by atoms with Gasteiger partial charge in [0, 0.05) is 17.6 Å². The molecule has 0 unspecified atom stereocenters. The number of phenols is 1. The molecule has 21 heavy (non-hydrogen) atoms. The normalized spacial score (nSPS) is 11.3. The van der Waals surface area contributed by atoms with Gasteiger partial charge in [0.05, 0.1) is 17.2 Å². The van der Waals surface area contributed by atoms with Crippen LogP contribution in [0.2, 0.25) is 5.02 Å². The molecule has 0 aliphatic carbocycles. The minimum absolute atomic E-state index is 0.120. The van der Waals surface area contributed by atoms with Crippen molar-refractivity contribution in [2.45, 2.75) is 0 Å². The fourth-order valence-corrected chi connectivity index (χ4v) is 2.21. The van der Waals surface area contributed by atoms with Crippen LogP contribution in [0.1, 0.15) is 5.56 Å². The number of hydrogen-bond acceptors (Lipinski definition) is 4. The molecule has 3 rings (SSSR count). The second-order valence-electron chi connectivity index (χ2n) is 4.56. The number of imidazole rings is 1. The van der Waals surface area contributed by atoms with Crippen LogP contribution < -0.4 is 5.43 Å². The van der Waals surface area contributed by atoms with E-state index in [-0.39, 0.29) is 5.75 Å². The highest BCUT2D eigenvalue weighted by molar-refractivity contribution is 6.30. The van der Waals surface area contributed by atoms with E-state index in [0.717, 1.165) is 11.0 Å². The van der Waals surface area contributed by atoms with Crippen molar-refractivity contribution < 1.29 is 5.11 Å². The van der Waals surface area contributed by atoms with Gasteiger partial charge in [-0.3, -0.25) is 0 Å². The first-order chi connectivity index (χ1) is 10.1. The summed E-state index contributed by atoms with van der Waals surface area (Å²) in [6, 6.07) is 12.6. The van der Waals surface area contributed by atoms with Gasteiger partial charge in [0.1, 0.15) is 5.75 Å². The Morgan fingerprint density at radius 3 is 2.90 bits per heavy atom. The van der Waals surface area contributed by atoms with Crippen molar-refractivity contribution >= 4 is 34.8 Å². The molecule has 6 heteroatoms. The van der Waals surface area contributed by atoms with Crippen molar-refractivity contribution in [3.8, 4) is 5.75 Å². The van der Waals surface area contributed by atoms with E-state index in [1.54, 1.807) is 12.1 Å². The number of fused-ring (bicyclic) bond motifs is 1. The Balaban J connectivity index is 1.84. The van der Waals surface area contributed by atoms with E-state index in [1.807, 2.05) is 35.9 Å². The number of rotatable bonds is 3. The molecular formula is C15H13ClN4O. The summed E-state index contributed by atoms with van der Waals surface area (Å²) in [6.07, 6.45) is 1.50. The van der Waals surface area contributed by atoms with Gasteiger partial charge >= 0.3 is 0 Å². The maximum absolute atomic E-state index is 9.70. The molecule has 2 N–H and O–H groups in total. The maximum atomic E-state index is 9.70. The molecule has 0 amide bonds. The molecule has 0 saturated heterocycles. The number of halogens is 1. The van der Waals surface area contributed by atoms with Gasteiger partial charge in [-0.05, 0) is 30.3 Å². The summed E-state index contributed by atoms with van der Waals surface area (Å²) in [5.41, 5.74) is 5.31. The molecular weight excluding hydrogens is 288 g/mol. The second-order valence-corrected chi connectivity index (χ2v) is 4.99. The van der Waals surface area contributed by atoms with Crippen molar-refractivity contribution in [3.05, 3.63) is 53.1 Å². The monoisotopic (exact) mass is 300 g/mol. The number of anilines is 1. The van der Waals surface area contributed by atoms with Crippen molar-refractivity contribution in [2.75, 3.05) is 5.43 Å². The number of benzene rings is 2. The summed E-state index contributed by atoms with van der Waals surface area (Å²) in [5, 5.41) is 14.3. The minimum Gasteiger partial charge on any atom is -0.507 e. The molecule has 3 aromatic rings. The Hall–Kier alpha value is -2.53. The molecule has 0 bridgehead atoms. The van der Waals surface area contributed by atoms with Crippen molar-refractivity contribution in [3.63, 3.8) is 0 Å². The second kappa shape index (κ2) is 5.46. The lowest BCUT2D eigenvalue weighted by Gasteiger charge is -2.01. The maximum Gasteiger partial charge on any atom is 0.224 e. The van der Waals surface area contributed by atoms with E-state index >= 15 is 0 Å². The number of hydrazone groups is 1. The van der Waals surface area contributed by atoms with Gasteiger partial charge in [0.25, 0.3) is 0 Å². The average molecular weight is 301 g/mol. The van der Waals surface area contributed by atoms with Gasteiger partial charge < -0.3 is 9.67 Å². The third kappa shape index (κ3) is 2.68. The van der Waals surface area contributed by atoms with Crippen LogP contribution in [0.15, 0.2) is 47.6 Å². The van der Waals surface area contributed by atoms with Crippen LogP contribution >= 0.6 is 11.6 Å². The molecule has 2 aromatic carbocycles. The lowest BCUT2D eigenvalue weighted by molar-refractivity contribution is 0.474. The molecule has 1 aromatic heterocycles. The van der Waals surface area contributed by atoms with Crippen LogP contribution in [0.4, 0.5) is 5.95 Å². The molecule has 0 fully saturated rings. The number of aromatic hydroxyl groups is 1. The first-order valence-electron chi connectivity index (χ1n) is 6.34. The standard InChI is InChI=1S/C15H13ClN4O/c1-20-13-5-3-2-4-12(13)18-15(20)19-17-9-10-8-11(16)6-7-14(10)21/h2-9,21H,1H3,(H,18,19)/b17-9+. The number of nitrogens with zero attached hydrogens (tertiary/aromatic N) is 3. The zero-order chi connectivity index (χ0) is 14.8. The number of hydrogen-bond donors (Lipinski definition) is 2. The molecule has 0 spiro atoms. The lowest BCUT2D eigenvalue weighted by Crippen LogP contribution is -1.98. The highest BCUT2D eigenvalue weighted by atomic mass is 35.5. The highest BCUT2D eigenvalue weighted by Gasteiger charge is 2.05. The van der Waals surface area contributed by atoms with Gasteiger partial charge in [-0.15, -0.1) is 0 Å². The molecule has 0 aliphatic heterocycles. The topological polar surface area (TPSA) is 62.4 Å². The van der Waals surface area contributed by atoms with Gasteiger partial charge in [-0.1, -0.05) is 23.7 Å². The Kier molecular flexibility index (Phi) is 3.50. The first-order valence-corrected chi connectivity index (χ1v) is 6.72. The summed E-state index contributed by atoms with van der Waals surface area (Å²) >= 11 is 5.88. The Labute approximate surface area is 126 Å². The Bertz CT molecular complexity index is 826. The van der Waals surface area contributed by atoms with Gasteiger partial charge in [0.2, 0.25) is 5.95 Å². The SMILES string of the molecule is Cn1c(N/N=C/c2cc(Cl)ccc2O)nc2ccccc21. The number of para-hydroxylation sites is 2. The first kappa shape index (κ1) is 13.5. The number of phenolic OH excluding ortho intramolecular Hbond substituents is 1. The van der Waals surface area contributed by atoms with Crippen molar-refractivity contribution in [1.82, 2.24) is 9.55 Å². The van der Waals surface area contributed by atoms with Crippen LogP contribution in [0.25, 0.3) is 11.0 Å². The number of nitrogens with one attached hydrogen (secondary N) is 1. The molecule has 1 heterocycles. The van der Waals surface area contributed by atoms with Gasteiger partial charge in [-0.25, -0.2) is 10.4 Å². The summed E-state index contributed by atoms with van der Waals surface area (Å²) in [4.78, 5) is 4.43. The van der Waals surface area contributed by atoms with E-state index in [1.165, 1.54) is 12.3 Å². The fourth-order valence-electron chi connectivity index (χ4n) is 2.03. The van der Waals surface area contributed by atoms with Gasteiger partial charge in [-0.2, -0.15) is 5.10 Å². The summed E-state index contributed by atoms with van der Waals surface area (Å²) in [7, 11) is 1.91. The molecule has 0 aliphatic rings. The van der Waals surface area contributed by atoms with E-state index in [9.17, 15) is 5.11 Å². The molecule has 0 saturated carbocycles.